The minimum Gasteiger partial charge on any atom is -0.397 e. The summed E-state index contributed by atoms with van der Waals surface area (Å²) in [5.41, 5.74) is 0. The van der Waals surface area contributed by atoms with E-state index in [1.165, 1.54) is 12.8 Å². The maximum Gasteiger partial charge on any atom is 0.0809 e. The fraction of sp³-hybridized carbons (Fsp3) is 0.917. The van der Waals surface area contributed by atoms with Crippen LogP contribution >= 0.6 is 0 Å². The Labute approximate surface area is 126 Å². The Kier molecular flexibility index (Phi) is 46.6. The van der Waals surface area contributed by atoms with Gasteiger partial charge in [-0.3, -0.25) is 0 Å². The summed E-state index contributed by atoms with van der Waals surface area (Å²) in [6.45, 7) is 10.5. The summed E-state index contributed by atoms with van der Waals surface area (Å²) in [6, 6.07) is 0. The minimum atomic E-state index is 0. The van der Waals surface area contributed by atoms with Gasteiger partial charge in [0.25, 0.3) is 0 Å². The van der Waals surface area contributed by atoms with Crippen molar-refractivity contribution in [3.63, 3.8) is 0 Å². The largest absolute Gasteiger partial charge is 0.397 e. The molecule has 3 N–H and O–H groups in total. The van der Waals surface area contributed by atoms with E-state index in [0.29, 0.717) is 6.10 Å². The summed E-state index contributed by atoms with van der Waals surface area (Å²) in [5.74, 6) is 0. The molecule has 1 saturated heterocycles. The van der Waals surface area contributed by atoms with Gasteiger partial charge in [-0.2, -0.15) is 6.42 Å². The molecule has 4 nitrogen and oxygen atoms in total. The van der Waals surface area contributed by atoms with Crippen molar-refractivity contribution >= 4 is 0 Å². The van der Waals surface area contributed by atoms with Crippen LogP contribution in [-0.2, 0) is 30.9 Å². The molecule has 0 aromatic carbocycles. The van der Waals surface area contributed by atoms with Crippen molar-refractivity contribution in [2.75, 3.05) is 26.4 Å². The van der Waals surface area contributed by atoms with Crippen LogP contribution in [-0.4, -0.2) is 47.9 Å². The van der Waals surface area contributed by atoms with Crippen molar-refractivity contribution in [1.29, 1.82) is 0 Å². The van der Waals surface area contributed by atoms with Gasteiger partial charge in [0.1, 0.15) is 0 Å². The molecule has 0 spiro atoms. The second-order valence-electron chi connectivity index (χ2n) is 2.90. The smallest absolute Gasteiger partial charge is 0.0809 e. The average Bonchev–Trinajstić information content (AvgIpc) is 3.02. The molecule has 5 heteroatoms. The van der Waals surface area contributed by atoms with Gasteiger partial charge in [-0.15, -0.1) is 0 Å². The number of hydrogen-bond donors (Lipinski definition) is 3. The minimum absolute atomic E-state index is 0. The number of rotatable bonds is 3. The number of unbranched alkanes of at least 4 members (excludes halogenated alkanes) is 1. The van der Waals surface area contributed by atoms with Crippen LogP contribution in [0.5, 0.6) is 0 Å². The Morgan fingerprint density at radius 3 is 1.53 bits per heavy atom. The van der Waals surface area contributed by atoms with E-state index in [1.807, 2.05) is 0 Å². The quantitative estimate of drug-likeness (QED) is 0.541. The standard InChI is InChI=1S/C6H11O.3C2H6O.Zr/c1-2-3-4-6-5-7-6;3*1-2-3;/h6H,1-5H2;3*3H,2H2,1H3;/q-1;;;;. The summed E-state index contributed by atoms with van der Waals surface area (Å²) in [7, 11) is 0. The number of hydrogen-bond acceptors (Lipinski definition) is 4. The molecule has 0 saturated carbocycles. The van der Waals surface area contributed by atoms with Crippen LogP contribution in [0.2, 0.25) is 0 Å². The number of epoxide rings is 1. The first-order valence-electron chi connectivity index (χ1n) is 5.91. The number of aliphatic hydroxyl groups is 3. The van der Waals surface area contributed by atoms with Crippen molar-refractivity contribution < 1.29 is 46.3 Å². The average molecular weight is 329 g/mol. The molecule has 1 aliphatic heterocycles. The van der Waals surface area contributed by atoms with E-state index < -0.39 is 0 Å². The molecule has 0 bridgehead atoms. The second-order valence-corrected chi connectivity index (χ2v) is 2.90. The van der Waals surface area contributed by atoms with Gasteiger partial charge in [0.05, 0.1) is 12.7 Å². The molecular formula is C12H29O4Zr-. The van der Waals surface area contributed by atoms with Gasteiger partial charge < -0.3 is 27.0 Å². The van der Waals surface area contributed by atoms with Gasteiger partial charge >= 0.3 is 0 Å². The van der Waals surface area contributed by atoms with Gasteiger partial charge in [-0.05, 0) is 27.2 Å². The molecule has 1 atom stereocenters. The molecule has 1 heterocycles. The van der Waals surface area contributed by atoms with E-state index in [2.05, 4.69) is 6.92 Å². The Balaban J connectivity index is -0.0000000734. The summed E-state index contributed by atoms with van der Waals surface area (Å²) >= 11 is 0. The van der Waals surface area contributed by atoms with Crippen molar-refractivity contribution in [2.24, 2.45) is 0 Å². The molecule has 1 rings (SSSR count). The first kappa shape index (κ1) is 26.3. The van der Waals surface area contributed by atoms with Gasteiger partial charge in [0.2, 0.25) is 0 Å². The zero-order valence-electron chi connectivity index (χ0n) is 11.5. The molecule has 17 heavy (non-hydrogen) atoms. The van der Waals surface area contributed by atoms with E-state index in [9.17, 15) is 0 Å². The van der Waals surface area contributed by atoms with Crippen LogP contribution in [0.4, 0.5) is 0 Å². The van der Waals surface area contributed by atoms with Crippen LogP contribution in [0.15, 0.2) is 0 Å². The summed E-state index contributed by atoms with van der Waals surface area (Å²) in [4.78, 5) is 0. The number of aliphatic hydroxyl groups excluding tert-OH is 3. The SMILES string of the molecule is CCO.CCO.CCO.[CH2-]CCCC1CO1.[Zr]. The monoisotopic (exact) mass is 327 g/mol. The van der Waals surface area contributed by atoms with Crippen LogP contribution in [0.1, 0.15) is 40.0 Å². The van der Waals surface area contributed by atoms with Crippen LogP contribution in [0.25, 0.3) is 0 Å². The van der Waals surface area contributed by atoms with Crippen LogP contribution in [0, 0.1) is 6.92 Å². The van der Waals surface area contributed by atoms with Gasteiger partial charge in [0.15, 0.2) is 0 Å². The van der Waals surface area contributed by atoms with Gasteiger partial charge in [0, 0.05) is 46.0 Å². The third-order valence-corrected chi connectivity index (χ3v) is 1.18. The normalized spacial score (nSPS) is 14.6. The molecule has 0 aliphatic carbocycles. The van der Waals surface area contributed by atoms with E-state index in [-0.39, 0.29) is 46.0 Å². The topological polar surface area (TPSA) is 73.2 Å². The zero-order chi connectivity index (χ0) is 13.2. The van der Waals surface area contributed by atoms with Gasteiger partial charge in [-0.25, -0.2) is 0 Å². The van der Waals surface area contributed by atoms with Crippen LogP contribution < -0.4 is 0 Å². The molecule has 1 aliphatic rings. The van der Waals surface area contributed by atoms with Crippen molar-refractivity contribution in [2.45, 2.75) is 46.1 Å². The van der Waals surface area contributed by atoms with Crippen LogP contribution in [0.3, 0.4) is 0 Å². The molecule has 1 fully saturated rings. The van der Waals surface area contributed by atoms with Gasteiger partial charge in [-0.1, -0.05) is 6.42 Å². The van der Waals surface area contributed by atoms with E-state index in [0.717, 1.165) is 13.0 Å². The molecule has 0 amide bonds. The summed E-state index contributed by atoms with van der Waals surface area (Å²) < 4.78 is 4.98. The van der Waals surface area contributed by atoms with E-state index in [1.54, 1.807) is 20.8 Å². The first-order valence-corrected chi connectivity index (χ1v) is 5.91. The zero-order valence-corrected chi connectivity index (χ0v) is 13.9. The predicted octanol–water partition coefficient (Wildman–Crippen LogP) is 1.38. The summed E-state index contributed by atoms with van der Waals surface area (Å²) in [5, 5.41) is 22.7. The molecule has 106 valence electrons. The Morgan fingerprint density at radius 2 is 1.35 bits per heavy atom. The third-order valence-electron chi connectivity index (χ3n) is 1.18. The van der Waals surface area contributed by atoms with E-state index >= 15 is 0 Å². The Morgan fingerprint density at radius 1 is 1.06 bits per heavy atom. The third kappa shape index (κ3) is 60.8. The van der Waals surface area contributed by atoms with E-state index in [4.69, 9.17) is 20.1 Å². The molecular weight excluding hydrogens is 299 g/mol. The van der Waals surface area contributed by atoms with Crippen molar-refractivity contribution in [3.05, 3.63) is 6.92 Å². The maximum atomic E-state index is 7.57. The fourth-order valence-corrected chi connectivity index (χ4v) is 0.607. The fourth-order valence-electron chi connectivity index (χ4n) is 0.607. The maximum absolute atomic E-state index is 7.57. The van der Waals surface area contributed by atoms with Crippen molar-refractivity contribution in [3.8, 4) is 0 Å². The molecule has 0 aromatic heterocycles. The number of ether oxygens (including phenoxy) is 1. The predicted molar refractivity (Wildman–Crippen MR) is 67.2 cm³/mol. The summed E-state index contributed by atoms with van der Waals surface area (Å²) in [6.07, 6.45) is 4.12. The Bertz CT molecular complexity index is 85.8. The first-order chi connectivity index (χ1) is 7.67. The molecule has 0 radical (unpaired) electrons. The molecule has 1 unspecified atom stereocenters. The Hall–Kier alpha value is 0.723. The second kappa shape index (κ2) is 30.1. The molecule has 0 aromatic rings. The van der Waals surface area contributed by atoms with Crippen molar-refractivity contribution in [1.82, 2.24) is 0 Å².